The maximum absolute atomic E-state index is 12.4. The van der Waals surface area contributed by atoms with Gasteiger partial charge in [0.1, 0.15) is 5.75 Å². The molecule has 2 amide bonds. The molecule has 2 N–H and O–H groups in total. The van der Waals surface area contributed by atoms with Crippen LogP contribution in [0.3, 0.4) is 0 Å². The number of hydrogen-bond acceptors (Lipinski definition) is 4. The molecule has 0 radical (unpaired) electrons. The highest BCUT2D eigenvalue weighted by Crippen LogP contribution is 2.15. The lowest BCUT2D eigenvalue weighted by Crippen LogP contribution is -2.28. The van der Waals surface area contributed by atoms with Crippen LogP contribution in [0.5, 0.6) is 5.75 Å². The van der Waals surface area contributed by atoms with Crippen LogP contribution < -0.4 is 20.3 Å². The zero-order chi connectivity index (χ0) is 22.9. The van der Waals surface area contributed by atoms with Gasteiger partial charge in [0.25, 0.3) is 0 Å². The molecule has 6 heteroatoms. The molecule has 3 aromatic rings. The molecular formula is C26H27N3O3. The SMILES string of the molecule is COc1ccc(CNC(=O)Nc2ccc(C(=O)/C=C/c3ccc(N(C)C)cc3)cc2)cc1. The average molecular weight is 430 g/mol. The standard InChI is InChI=1S/C26H27N3O3/c1-29(2)23-13-4-19(5-14-23)8-17-25(30)21-9-11-22(12-10-21)28-26(31)27-18-20-6-15-24(32-3)16-7-20/h4-17H,18H2,1-3H3,(H2,27,28,31)/b17-8+. The van der Waals surface area contributed by atoms with Crippen molar-refractivity contribution < 1.29 is 14.3 Å². The van der Waals surface area contributed by atoms with Crippen molar-refractivity contribution in [2.45, 2.75) is 6.54 Å². The van der Waals surface area contributed by atoms with Crippen molar-refractivity contribution in [3.05, 3.63) is 95.6 Å². The summed E-state index contributed by atoms with van der Waals surface area (Å²) in [6.07, 6.45) is 3.34. The Balaban J connectivity index is 1.50. The maximum atomic E-state index is 12.4. The number of hydrogen-bond donors (Lipinski definition) is 2. The van der Waals surface area contributed by atoms with Gasteiger partial charge >= 0.3 is 6.03 Å². The van der Waals surface area contributed by atoms with Gasteiger partial charge in [0.05, 0.1) is 7.11 Å². The van der Waals surface area contributed by atoms with E-state index < -0.39 is 0 Å². The highest BCUT2D eigenvalue weighted by Gasteiger charge is 2.05. The van der Waals surface area contributed by atoms with E-state index in [1.807, 2.05) is 67.5 Å². The van der Waals surface area contributed by atoms with Crippen molar-refractivity contribution in [3.63, 3.8) is 0 Å². The molecule has 0 spiro atoms. The lowest BCUT2D eigenvalue weighted by atomic mass is 10.1. The van der Waals surface area contributed by atoms with Gasteiger partial charge < -0.3 is 20.3 Å². The smallest absolute Gasteiger partial charge is 0.319 e. The van der Waals surface area contributed by atoms with E-state index in [1.165, 1.54) is 0 Å². The molecule has 32 heavy (non-hydrogen) atoms. The molecule has 0 aliphatic carbocycles. The fraction of sp³-hybridized carbons (Fsp3) is 0.154. The Morgan fingerprint density at radius 2 is 1.56 bits per heavy atom. The van der Waals surface area contributed by atoms with Gasteiger partial charge in [-0.2, -0.15) is 0 Å². The first-order valence-corrected chi connectivity index (χ1v) is 10.2. The molecule has 3 rings (SSSR count). The largest absolute Gasteiger partial charge is 0.497 e. The summed E-state index contributed by atoms with van der Waals surface area (Å²) in [6, 6.07) is 21.9. The van der Waals surface area contributed by atoms with Gasteiger partial charge in [0.15, 0.2) is 5.78 Å². The van der Waals surface area contributed by atoms with Crippen LogP contribution in [0.4, 0.5) is 16.2 Å². The number of urea groups is 1. The molecule has 0 saturated heterocycles. The molecule has 0 unspecified atom stereocenters. The van der Waals surface area contributed by atoms with Crippen LogP contribution in [0, 0.1) is 0 Å². The number of methoxy groups -OCH3 is 1. The number of benzene rings is 3. The van der Waals surface area contributed by atoms with Crippen molar-refractivity contribution in [2.75, 3.05) is 31.4 Å². The van der Waals surface area contributed by atoms with Crippen LogP contribution in [0.15, 0.2) is 78.9 Å². The van der Waals surface area contributed by atoms with Crippen LogP contribution >= 0.6 is 0 Å². The van der Waals surface area contributed by atoms with Crippen LogP contribution in [-0.2, 0) is 6.54 Å². The number of ketones is 1. The van der Waals surface area contributed by atoms with Crippen LogP contribution in [0.25, 0.3) is 6.08 Å². The van der Waals surface area contributed by atoms with Crippen molar-refractivity contribution >= 4 is 29.3 Å². The zero-order valence-corrected chi connectivity index (χ0v) is 18.5. The number of nitrogens with one attached hydrogen (secondary N) is 2. The van der Waals surface area contributed by atoms with Crippen molar-refractivity contribution in [1.82, 2.24) is 5.32 Å². The minimum atomic E-state index is -0.319. The maximum Gasteiger partial charge on any atom is 0.319 e. The second-order valence-corrected chi connectivity index (χ2v) is 7.42. The van der Waals surface area contributed by atoms with E-state index in [-0.39, 0.29) is 11.8 Å². The van der Waals surface area contributed by atoms with Gasteiger partial charge in [0, 0.05) is 37.6 Å². The third kappa shape index (κ3) is 6.47. The number of nitrogens with zero attached hydrogens (tertiary/aromatic N) is 1. The number of carbonyl (C=O) groups excluding carboxylic acids is 2. The molecule has 0 saturated carbocycles. The van der Waals surface area contributed by atoms with Crippen molar-refractivity contribution in [1.29, 1.82) is 0 Å². The Morgan fingerprint density at radius 3 is 2.16 bits per heavy atom. The predicted octanol–water partition coefficient (Wildman–Crippen LogP) is 4.98. The quantitative estimate of drug-likeness (QED) is 0.391. The van der Waals surface area contributed by atoms with Gasteiger partial charge in [-0.15, -0.1) is 0 Å². The summed E-state index contributed by atoms with van der Waals surface area (Å²) in [5, 5.41) is 5.56. The summed E-state index contributed by atoms with van der Waals surface area (Å²) in [6.45, 7) is 0.396. The summed E-state index contributed by atoms with van der Waals surface area (Å²) in [5.41, 5.74) is 4.18. The first-order valence-electron chi connectivity index (χ1n) is 10.2. The third-order valence-electron chi connectivity index (χ3n) is 4.88. The Morgan fingerprint density at radius 1 is 0.906 bits per heavy atom. The highest BCUT2D eigenvalue weighted by molar-refractivity contribution is 6.07. The molecule has 0 bridgehead atoms. The van der Waals surface area contributed by atoms with Gasteiger partial charge in [-0.1, -0.05) is 30.3 Å². The molecule has 3 aromatic carbocycles. The zero-order valence-electron chi connectivity index (χ0n) is 18.5. The number of ether oxygens (including phenoxy) is 1. The first kappa shape index (κ1) is 22.6. The molecule has 0 atom stereocenters. The van der Waals surface area contributed by atoms with Crippen LogP contribution in [-0.4, -0.2) is 33.0 Å². The van der Waals surface area contributed by atoms with Crippen molar-refractivity contribution in [3.8, 4) is 5.75 Å². The Labute approximate surface area is 188 Å². The van der Waals surface area contributed by atoms with E-state index in [2.05, 4.69) is 10.6 Å². The van der Waals surface area contributed by atoms with Gasteiger partial charge in [0.2, 0.25) is 0 Å². The summed E-state index contributed by atoms with van der Waals surface area (Å²) in [4.78, 5) is 26.6. The van der Waals surface area contributed by atoms with E-state index in [1.54, 1.807) is 43.5 Å². The average Bonchev–Trinajstić information content (AvgIpc) is 2.82. The fourth-order valence-electron chi connectivity index (χ4n) is 2.97. The van der Waals surface area contributed by atoms with Gasteiger partial charge in [-0.25, -0.2) is 4.79 Å². The summed E-state index contributed by atoms with van der Waals surface area (Å²) >= 11 is 0. The molecule has 164 valence electrons. The summed E-state index contributed by atoms with van der Waals surface area (Å²) in [7, 11) is 5.58. The molecule has 0 heterocycles. The van der Waals surface area contributed by atoms with E-state index in [0.29, 0.717) is 17.8 Å². The Hall–Kier alpha value is -4.06. The molecule has 6 nitrogen and oxygen atoms in total. The van der Waals surface area contributed by atoms with Crippen LogP contribution in [0.2, 0.25) is 0 Å². The van der Waals surface area contributed by atoms with Gasteiger partial charge in [-0.05, 0) is 65.7 Å². The molecule has 0 aromatic heterocycles. The fourth-order valence-corrected chi connectivity index (χ4v) is 2.97. The molecule has 0 aliphatic heterocycles. The van der Waals surface area contributed by atoms with E-state index in [4.69, 9.17) is 4.74 Å². The van der Waals surface area contributed by atoms with Crippen molar-refractivity contribution in [2.24, 2.45) is 0 Å². The second-order valence-electron chi connectivity index (χ2n) is 7.42. The lowest BCUT2D eigenvalue weighted by Gasteiger charge is -2.11. The lowest BCUT2D eigenvalue weighted by molar-refractivity contribution is 0.104. The highest BCUT2D eigenvalue weighted by atomic mass is 16.5. The number of anilines is 2. The number of rotatable bonds is 8. The monoisotopic (exact) mass is 429 g/mol. The number of carbonyl (C=O) groups is 2. The minimum absolute atomic E-state index is 0.0998. The third-order valence-corrected chi connectivity index (χ3v) is 4.88. The normalized spacial score (nSPS) is 10.6. The topological polar surface area (TPSA) is 70.7 Å². The van der Waals surface area contributed by atoms with E-state index in [0.717, 1.165) is 22.6 Å². The molecule has 0 fully saturated rings. The Bertz CT molecular complexity index is 1070. The molecular weight excluding hydrogens is 402 g/mol. The summed E-state index contributed by atoms with van der Waals surface area (Å²) < 4.78 is 5.12. The summed E-state index contributed by atoms with van der Waals surface area (Å²) in [5.74, 6) is 0.669. The Kier molecular flexibility index (Phi) is 7.65. The first-order chi connectivity index (χ1) is 15.4. The second kappa shape index (κ2) is 10.8. The number of amides is 2. The van der Waals surface area contributed by atoms with Gasteiger partial charge in [-0.3, -0.25) is 4.79 Å². The van der Waals surface area contributed by atoms with E-state index >= 15 is 0 Å². The molecule has 0 aliphatic rings. The van der Waals surface area contributed by atoms with Crippen LogP contribution in [0.1, 0.15) is 21.5 Å². The number of allylic oxidation sites excluding steroid dienone is 1. The predicted molar refractivity (Wildman–Crippen MR) is 129 cm³/mol. The van der Waals surface area contributed by atoms with E-state index in [9.17, 15) is 9.59 Å². The minimum Gasteiger partial charge on any atom is -0.497 e.